The molecular formula is C8H7BCl2O. The molecule has 0 aliphatic heterocycles. The summed E-state index contributed by atoms with van der Waals surface area (Å²) >= 11 is 11.5. The van der Waals surface area contributed by atoms with E-state index in [1.54, 1.807) is 12.1 Å². The molecule has 1 aromatic carbocycles. The predicted molar refractivity (Wildman–Crippen MR) is 53.0 cm³/mol. The van der Waals surface area contributed by atoms with Crippen LogP contribution in [0.5, 0.6) is 5.75 Å². The molecule has 0 N–H and O–H groups in total. The first-order chi connectivity index (χ1) is 5.65. The minimum atomic E-state index is 0.446. The fraction of sp³-hybridized carbons (Fsp3) is 0.250. The Bertz CT molecular complexity index is 265. The zero-order chi connectivity index (χ0) is 9.14. The first-order valence-electron chi connectivity index (χ1n) is 3.52. The van der Waals surface area contributed by atoms with Crippen molar-refractivity contribution in [3.63, 3.8) is 0 Å². The zero-order valence-electron chi connectivity index (χ0n) is 6.60. The first kappa shape index (κ1) is 9.75. The van der Waals surface area contributed by atoms with Crippen LogP contribution in [-0.2, 0) is 0 Å². The Kier molecular flexibility index (Phi) is 3.30. The molecule has 0 amide bonds. The average molecular weight is 201 g/mol. The summed E-state index contributed by atoms with van der Waals surface area (Å²) in [4.78, 5) is 0. The SMILES string of the molecule is [B]c1cc(Cl)cc(Cl)c1OCC. The van der Waals surface area contributed by atoms with E-state index in [0.29, 0.717) is 27.9 Å². The van der Waals surface area contributed by atoms with Crippen LogP contribution in [0.25, 0.3) is 0 Å². The highest BCUT2D eigenvalue weighted by Crippen LogP contribution is 2.24. The normalized spacial score (nSPS) is 9.92. The number of hydrogen-bond acceptors (Lipinski definition) is 1. The van der Waals surface area contributed by atoms with E-state index in [2.05, 4.69) is 0 Å². The highest BCUT2D eigenvalue weighted by Gasteiger charge is 2.05. The number of rotatable bonds is 2. The van der Waals surface area contributed by atoms with Crippen LogP contribution in [0, 0.1) is 0 Å². The van der Waals surface area contributed by atoms with Gasteiger partial charge in [0.1, 0.15) is 13.6 Å². The summed E-state index contributed by atoms with van der Waals surface area (Å²) < 4.78 is 5.21. The second-order valence-electron chi connectivity index (χ2n) is 2.24. The first-order valence-corrected chi connectivity index (χ1v) is 4.28. The van der Waals surface area contributed by atoms with E-state index < -0.39 is 0 Å². The molecule has 0 saturated heterocycles. The lowest BCUT2D eigenvalue weighted by molar-refractivity contribution is 0.343. The lowest BCUT2D eigenvalue weighted by atomic mass is 9.95. The highest BCUT2D eigenvalue weighted by atomic mass is 35.5. The summed E-state index contributed by atoms with van der Waals surface area (Å²) in [5.41, 5.74) is 0.467. The second kappa shape index (κ2) is 4.06. The van der Waals surface area contributed by atoms with Gasteiger partial charge < -0.3 is 4.74 Å². The fourth-order valence-corrected chi connectivity index (χ4v) is 1.44. The van der Waals surface area contributed by atoms with E-state index in [9.17, 15) is 0 Å². The third-order valence-electron chi connectivity index (χ3n) is 1.33. The molecule has 0 bridgehead atoms. The Labute approximate surface area is 83.0 Å². The van der Waals surface area contributed by atoms with E-state index in [1.165, 1.54) is 0 Å². The second-order valence-corrected chi connectivity index (χ2v) is 3.08. The predicted octanol–water partition coefficient (Wildman–Crippen LogP) is 2.19. The van der Waals surface area contributed by atoms with E-state index in [1.807, 2.05) is 6.92 Å². The summed E-state index contributed by atoms with van der Waals surface area (Å²) in [7, 11) is 5.61. The van der Waals surface area contributed by atoms with Gasteiger partial charge in [-0.2, -0.15) is 0 Å². The van der Waals surface area contributed by atoms with Crippen molar-refractivity contribution in [1.82, 2.24) is 0 Å². The molecule has 0 unspecified atom stereocenters. The molecule has 1 rings (SSSR count). The molecule has 0 heterocycles. The van der Waals surface area contributed by atoms with Gasteiger partial charge in [0.05, 0.1) is 11.6 Å². The van der Waals surface area contributed by atoms with Gasteiger partial charge >= 0.3 is 0 Å². The summed E-state index contributed by atoms with van der Waals surface area (Å²) in [5.74, 6) is 0.503. The van der Waals surface area contributed by atoms with E-state index in [0.717, 1.165) is 0 Å². The molecule has 62 valence electrons. The number of halogens is 2. The number of ether oxygens (including phenoxy) is 1. The maximum Gasteiger partial charge on any atom is 0.130 e. The maximum atomic E-state index is 5.82. The molecule has 1 nitrogen and oxygen atoms in total. The number of hydrogen-bond donors (Lipinski definition) is 0. The Balaban J connectivity index is 3.10. The zero-order valence-corrected chi connectivity index (χ0v) is 8.12. The minimum Gasteiger partial charge on any atom is -0.493 e. The maximum absolute atomic E-state index is 5.82. The van der Waals surface area contributed by atoms with Crippen molar-refractivity contribution in [2.24, 2.45) is 0 Å². The molecule has 0 aliphatic carbocycles. The van der Waals surface area contributed by atoms with Gasteiger partial charge in [0.2, 0.25) is 0 Å². The standard InChI is InChI=1S/C8H7BCl2O/c1-2-12-8-6(9)3-5(10)4-7(8)11/h3-4H,2H2,1H3. The van der Waals surface area contributed by atoms with Crippen LogP contribution < -0.4 is 10.2 Å². The molecule has 0 saturated carbocycles. The van der Waals surface area contributed by atoms with Gasteiger partial charge in [-0.3, -0.25) is 0 Å². The summed E-state index contributed by atoms with van der Waals surface area (Å²) in [6.45, 7) is 2.40. The quantitative estimate of drug-likeness (QED) is 0.666. The summed E-state index contributed by atoms with van der Waals surface area (Å²) in [6, 6.07) is 3.21. The molecule has 1 aromatic rings. The molecule has 0 spiro atoms. The highest BCUT2D eigenvalue weighted by molar-refractivity contribution is 6.42. The summed E-state index contributed by atoms with van der Waals surface area (Å²) in [6.07, 6.45) is 0. The van der Waals surface area contributed by atoms with Crippen molar-refractivity contribution in [3.8, 4) is 5.75 Å². The Hall–Kier alpha value is -0.335. The Morgan fingerprint density at radius 3 is 2.58 bits per heavy atom. The third kappa shape index (κ3) is 2.08. The molecular weight excluding hydrogens is 194 g/mol. The van der Waals surface area contributed by atoms with Crippen molar-refractivity contribution >= 4 is 36.5 Å². The van der Waals surface area contributed by atoms with Crippen molar-refractivity contribution in [2.75, 3.05) is 6.61 Å². The minimum absolute atomic E-state index is 0.446. The van der Waals surface area contributed by atoms with Gasteiger partial charge in [-0.25, -0.2) is 0 Å². The topological polar surface area (TPSA) is 9.23 Å². The van der Waals surface area contributed by atoms with Crippen molar-refractivity contribution in [2.45, 2.75) is 6.92 Å². The van der Waals surface area contributed by atoms with Crippen LogP contribution in [0.1, 0.15) is 6.92 Å². The largest absolute Gasteiger partial charge is 0.493 e. The molecule has 0 atom stereocenters. The van der Waals surface area contributed by atoms with Gasteiger partial charge in [0, 0.05) is 5.02 Å². The van der Waals surface area contributed by atoms with Crippen LogP contribution in [0.4, 0.5) is 0 Å². The average Bonchev–Trinajstić information content (AvgIpc) is 1.96. The van der Waals surface area contributed by atoms with Crippen LogP contribution in [-0.4, -0.2) is 14.5 Å². The van der Waals surface area contributed by atoms with Crippen molar-refractivity contribution in [3.05, 3.63) is 22.2 Å². The van der Waals surface area contributed by atoms with Gasteiger partial charge in [-0.15, -0.1) is 0 Å². The number of benzene rings is 1. The molecule has 4 heteroatoms. The van der Waals surface area contributed by atoms with Crippen LogP contribution in [0.3, 0.4) is 0 Å². The van der Waals surface area contributed by atoms with Crippen LogP contribution in [0.2, 0.25) is 10.0 Å². The van der Waals surface area contributed by atoms with E-state index in [4.69, 9.17) is 35.8 Å². The van der Waals surface area contributed by atoms with Crippen LogP contribution >= 0.6 is 23.2 Å². The van der Waals surface area contributed by atoms with Crippen LogP contribution in [0.15, 0.2) is 12.1 Å². The molecule has 0 aromatic heterocycles. The molecule has 12 heavy (non-hydrogen) atoms. The van der Waals surface area contributed by atoms with Gasteiger partial charge in [0.15, 0.2) is 0 Å². The van der Waals surface area contributed by atoms with Crippen molar-refractivity contribution < 1.29 is 4.74 Å². The Morgan fingerprint density at radius 2 is 2.08 bits per heavy atom. The summed E-state index contributed by atoms with van der Waals surface area (Å²) in [5, 5.41) is 0.961. The van der Waals surface area contributed by atoms with E-state index in [-0.39, 0.29) is 0 Å². The van der Waals surface area contributed by atoms with Gasteiger partial charge in [-0.05, 0) is 19.1 Å². The molecule has 2 radical (unpaired) electrons. The molecule has 0 fully saturated rings. The lowest BCUT2D eigenvalue weighted by Gasteiger charge is -2.09. The lowest BCUT2D eigenvalue weighted by Crippen LogP contribution is -2.09. The smallest absolute Gasteiger partial charge is 0.130 e. The van der Waals surface area contributed by atoms with Gasteiger partial charge in [-0.1, -0.05) is 28.7 Å². The third-order valence-corrected chi connectivity index (χ3v) is 1.82. The van der Waals surface area contributed by atoms with Crippen molar-refractivity contribution in [1.29, 1.82) is 0 Å². The molecule has 0 aliphatic rings. The van der Waals surface area contributed by atoms with E-state index >= 15 is 0 Å². The Morgan fingerprint density at radius 1 is 1.42 bits per heavy atom. The fourth-order valence-electron chi connectivity index (χ4n) is 0.877. The monoisotopic (exact) mass is 200 g/mol. The van der Waals surface area contributed by atoms with Gasteiger partial charge in [0.25, 0.3) is 0 Å².